The van der Waals surface area contributed by atoms with Gasteiger partial charge in [0.25, 0.3) is 5.91 Å². The largest absolute Gasteiger partial charge is 0.484 e. The molecule has 26 heavy (non-hydrogen) atoms. The number of benzene rings is 1. The summed E-state index contributed by atoms with van der Waals surface area (Å²) in [7, 11) is 0. The van der Waals surface area contributed by atoms with Gasteiger partial charge in [0.1, 0.15) is 11.3 Å². The van der Waals surface area contributed by atoms with Crippen molar-refractivity contribution in [3.63, 3.8) is 0 Å². The van der Waals surface area contributed by atoms with Gasteiger partial charge in [-0.15, -0.1) is 12.4 Å². The number of carbonyl (C=O) groups excluding carboxylic acids is 1. The molecule has 6 nitrogen and oxygen atoms in total. The van der Waals surface area contributed by atoms with Gasteiger partial charge in [0.05, 0.1) is 0 Å². The Hall–Kier alpha value is -2.05. The molecule has 3 rings (SSSR count). The van der Waals surface area contributed by atoms with Gasteiger partial charge >= 0.3 is 5.63 Å². The van der Waals surface area contributed by atoms with Gasteiger partial charge in [0, 0.05) is 30.6 Å². The second-order valence-corrected chi connectivity index (χ2v) is 6.37. The Morgan fingerprint density at radius 2 is 2.00 bits per heavy atom. The third-order valence-electron chi connectivity index (χ3n) is 4.61. The lowest BCUT2D eigenvalue weighted by Crippen LogP contribution is -2.42. The van der Waals surface area contributed by atoms with Crippen LogP contribution in [0.1, 0.15) is 19.8 Å². The molecule has 1 aromatic carbocycles. The van der Waals surface area contributed by atoms with E-state index >= 15 is 0 Å². The second kappa shape index (κ2) is 9.59. The van der Waals surface area contributed by atoms with Crippen LogP contribution < -0.4 is 15.7 Å². The van der Waals surface area contributed by atoms with E-state index in [1.165, 1.54) is 6.07 Å². The first-order valence-electron chi connectivity index (χ1n) is 8.81. The predicted molar refractivity (Wildman–Crippen MR) is 103 cm³/mol. The van der Waals surface area contributed by atoms with Crippen LogP contribution in [0.5, 0.6) is 5.75 Å². The number of piperidine rings is 1. The topological polar surface area (TPSA) is 71.8 Å². The number of nitrogens with zero attached hydrogens (tertiary/aromatic N) is 1. The molecule has 0 unspecified atom stereocenters. The lowest BCUT2D eigenvalue weighted by Gasteiger charge is -2.32. The van der Waals surface area contributed by atoms with E-state index in [0.717, 1.165) is 44.4 Å². The molecular weight excluding hydrogens is 356 g/mol. The van der Waals surface area contributed by atoms with Crippen molar-refractivity contribution in [2.45, 2.75) is 19.8 Å². The van der Waals surface area contributed by atoms with Crippen molar-refractivity contribution in [3.05, 3.63) is 40.8 Å². The number of amides is 1. The fourth-order valence-electron chi connectivity index (χ4n) is 3.10. The van der Waals surface area contributed by atoms with Crippen molar-refractivity contribution in [3.8, 4) is 5.75 Å². The van der Waals surface area contributed by atoms with Gasteiger partial charge in [-0.1, -0.05) is 6.92 Å². The molecule has 0 atom stereocenters. The van der Waals surface area contributed by atoms with Crippen molar-refractivity contribution in [2.24, 2.45) is 5.92 Å². The van der Waals surface area contributed by atoms with Crippen LogP contribution in [0.25, 0.3) is 11.0 Å². The summed E-state index contributed by atoms with van der Waals surface area (Å²) in [4.78, 5) is 25.5. The van der Waals surface area contributed by atoms with Gasteiger partial charge in [-0.2, -0.15) is 0 Å². The first-order chi connectivity index (χ1) is 12.2. The second-order valence-electron chi connectivity index (χ2n) is 6.37. The van der Waals surface area contributed by atoms with E-state index in [1.54, 1.807) is 18.2 Å². The van der Waals surface area contributed by atoms with Crippen LogP contribution in [0, 0.1) is 5.92 Å². The average Bonchev–Trinajstić information content (AvgIpc) is 2.64. The fraction of sp³-hybridized carbons (Fsp3) is 0.474. The SMILES string of the molecule is CCNCC1CCN(C(=O)COc2ccc3ccc(=O)oc3c2)CC1.Cl. The highest BCUT2D eigenvalue weighted by molar-refractivity contribution is 5.85. The Labute approximate surface area is 158 Å². The van der Waals surface area contributed by atoms with Gasteiger partial charge in [0.15, 0.2) is 6.61 Å². The molecule has 1 amide bonds. The Kier molecular flexibility index (Phi) is 7.48. The van der Waals surface area contributed by atoms with Gasteiger partial charge in [-0.3, -0.25) is 4.79 Å². The lowest BCUT2D eigenvalue weighted by molar-refractivity contribution is -0.134. The van der Waals surface area contributed by atoms with E-state index in [9.17, 15) is 9.59 Å². The van der Waals surface area contributed by atoms with Crippen molar-refractivity contribution in [1.29, 1.82) is 0 Å². The zero-order valence-corrected chi connectivity index (χ0v) is 15.7. The number of nitrogens with one attached hydrogen (secondary N) is 1. The lowest BCUT2D eigenvalue weighted by atomic mass is 9.97. The summed E-state index contributed by atoms with van der Waals surface area (Å²) in [5.41, 5.74) is 0.0582. The minimum absolute atomic E-state index is 0. The zero-order valence-electron chi connectivity index (χ0n) is 14.9. The molecule has 1 saturated heterocycles. The predicted octanol–water partition coefficient (Wildman–Crippen LogP) is 2.44. The summed E-state index contributed by atoms with van der Waals surface area (Å²) in [6, 6.07) is 8.31. The summed E-state index contributed by atoms with van der Waals surface area (Å²) in [5, 5.41) is 4.19. The number of hydrogen-bond acceptors (Lipinski definition) is 5. The smallest absolute Gasteiger partial charge is 0.336 e. The van der Waals surface area contributed by atoms with Crippen molar-refractivity contribution < 1.29 is 13.9 Å². The molecule has 1 N–H and O–H groups in total. The molecule has 1 fully saturated rings. The van der Waals surface area contributed by atoms with Crippen molar-refractivity contribution >= 4 is 29.3 Å². The van der Waals surface area contributed by atoms with Crippen LogP contribution in [0.3, 0.4) is 0 Å². The maximum absolute atomic E-state index is 12.3. The van der Waals surface area contributed by atoms with E-state index < -0.39 is 5.63 Å². The maximum Gasteiger partial charge on any atom is 0.336 e. The molecule has 2 aromatic rings. The number of carbonyl (C=O) groups is 1. The molecule has 7 heteroatoms. The van der Waals surface area contributed by atoms with Crippen molar-refractivity contribution in [1.82, 2.24) is 10.2 Å². The highest BCUT2D eigenvalue weighted by atomic mass is 35.5. The number of halogens is 1. The molecule has 2 heterocycles. The highest BCUT2D eigenvalue weighted by Gasteiger charge is 2.22. The maximum atomic E-state index is 12.3. The molecule has 0 aliphatic carbocycles. The Morgan fingerprint density at radius 3 is 2.73 bits per heavy atom. The Morgan fingerprint density at radius 1 is 1.27 bits per heavy atom. The number of rotatable bonds is 6. The van der Waals surface area contributed by atoms with Crippen LogP contribution >= 0.6 is 12.4 Å². The van der Waals surface area contributed by atoms with E-state index in [1.807, 2.05) is 11.0 Å². The Bertz CT molecular complexity index is 784. The number of ether oxygens (including phenoxy) is 1. The standard InChI is InChI=1S/C19H24N2O4.ClH/c1-2-20-12-14-7-9-21(10-8-14)18(22)13-24-16-5-3-15-4-6-19(23)25-17(15)11-16;/h3-6,11,14,20H,2,7-10,12-13H2,1H3;1H. The molecule has 1 aliphatic heterocycles. The number of likely N-dealkylation sites (tertiary alicyclic amines) is 1. The van der Waals surface area contributed by atoms with E-state index in [-0.39, 0.29) is 24.9 Å². The first-order valence-corrected chi connectivity index (χ1v) is 8.81. The highest BCUT2D eigenvalue weighted by Crippen LogP contribution is 2.20. The molecule has 1 aromatic heterocycles. The quantitative estimate of drug-likeness (QED) is 0.779. The minimum Gasteiger partial charge on any atom is -0.484 e. The molecule has 0 bridgehead atoms. The molecule has 0 radical (unpaired) electrons. The van der Waals surface area contributed by atoms with Gasteiger partial charge in [-0.05, 0) is 50.0 Å². The number of fused-ring (bicyclic) bond motifs is 1. The van der Waals surface area contributed by atoms with E-state index in [4.69, 9.17) is 9.15 Å². The van der Waals surface area contributed by atoms with E-state index in [0.29, 0.717) is 17.3 Å². The minimum atomic E-state index is -0.402. The van der Waals surface area contributed by atoms with Gasteiger partial charge < -0.3 is 19.4 Å². The van der Waals surface area contributed by atoms with E-state index in [2.05, 4.69) is 12.2 Å². The van der Waals surface area contributed by atoms with Crippen LogP contribution in [-0.2, 0) is 4.79 Å². The summed E-state index contributed by atoms with van der Waals surface area (Å²) in [5.74, 6) is 1.17. The van der Waals surface area contributed by atoms with Gasteiger partial charge in [-0.25, -0.2) is 4.79 Å². The summed E-state index contributed by atoms with van der Waals surface area (Å²) in [6.45, 7) is 5.68. The van der Waals surface area contributed by atoms with Crippen LogP contribution in [0.15, 0.2) is 39.5 Å². The normalized spacial score (nSPS) is 14.9. The summed E-state index contributed by atoms with van der Waals surface area (Å²) < 4.78 is 10.7. The molecule has 0 spiro atoms. The van der Waals surface area contributed by atoms with Crippen LogP contribution in [-0.4, -0.2) is 43.6 Å². The van der Waals surface area contributed by atoms with Gasteiger partial charge in [0.2, 0.25) is 0 Å². The zero-order chi connectivity index (χ0) is 17.6. The van der Waals surface area contributed by atoms with Crippen LogP contribution in [0.2, 0.25) is 0 Å². The number of hydrogen-bond donors (Lipinski definition) is 1. The molecule has 0 saturated carbocycles. The molecule has 1 aliphatic rings. The Balaban J connectivity index is 0.00000243. The molecule has 142 valence electrons. The van der Waals surface area contributed by atoms with Crippen molar-refractivity contribution in [2.75, 3.05) is 32.8 Å². The third-order valence-corrected chi connectivity index (χ3v) is 4.61. The third kappa shape index (κ3) is 5.22. The molecular formula is C19H25ClN2O4. The average molecular weight is 381 g/mol. The summed E-state index contributed by atoms with van der Waals surface area (Å²) in [6.07, 6.45) is 2.06. The van der Waals surface area contributed by atoms with Crippen LogP contribution in [0.4, 0.5) is 0 Å². The summed E-state index contributed by atoms with van der Waals surface area (Å²) >= 11 is 0. The monoisotopic (exact) mass is 380 g/mol. The first kappa shape index (κ1) is 20.3. The fourth-order valence-corrected chi connectivity index (χ4v) is 3.10.